The van der Waals surface area contributed by atoms with Gasteiger partial charge in [-0.3, -0.25) is 0 Å². The summed E-state index contributed by atoms with van der Waals surface area (Å²) < 4.78 is 11.9. The Bertz CT molecular complexity index is 1060. The van der Waals surface area contributed by atoms with E-state index in [0.717, 1.165) is 21.3 Å². The summed E-state index contributed by atoms with van der Waals surface area (Å²) in [6.07, 6.45) is 0. The number of thioether (sulfide) groups is 1. The van der Waals surface area contributed by atoms with E-state index in [1.165, 1.54) is 28.7 Å². The molecule has 0 radical (unpaired) electrons. The van der Waals surface area contributed by atoms with Crippen molar-refractivity contribution in [3.63, 3.8) is 0 Å². The number of nitrogens with one attached hydrogen (secondary N) is 1. The summed E-state index contributed by atoms with van der Waals surface area (Å²) in [5, 5.41) is 20.5. The Labute approximate surface area is 170 Å². The van der Waals surface area contributed by atoms with Gasteiger partial charge in [-0.1, -0.05) is 52.9 Å². The lowest BCUT2D eigenvalue weighted by molar-refractivity contribution is 0.417. The molecule has 4 aromatic rings. The van der Waals surface area contributed by atoms with Gasteiger partial charge in [0.15, 0.2) is 4.34 Å². The number of hydrogen-bond acceptors (Lipinski definition) is 9. The summed E-state index contributed by atoms with van der Waals surface area (Å²) in [5.74, 6) is 2.35. The van der Waals surface area contributed by atoms with Crippen LogP contribution >= 0.6 is 23.1 Å². The van der Waals surface area contributed by atoms with Crippen molar-refractivity contribution < 1.29 is 9.15 Å². The Kier molecular flexibility index (Phi) is 5.54. The first-order valence-corrected chi connectivity index (χ1v) is 10.3. The number of aryl methyl sites for hydroxylation is 1. The molecule has 28 heavy (non-hydrogen) atoms. The van der Waals surface area contributed by atoms with Gasteiger partial charge in [-0.05, 0) is 31.2 Å². The minimum Gasteiger partial charge on any atom is -0.495 e. The van der Waals surface area contributed by atoms with Gasteiger partial charge in [0, 0.05) is 5.56 Å². The molecule has 0 saturated carbocycles. The van der Waals surface area contributed by atoms with Crippen molar-refractivity contribution in [1.82, 2.24) is 20.4 Å². The number of methoxy groups -OCH3 is 1. The number of benzene rings is 2. The maximum Gasteiger partial charge on any atom is 0.247 e. The molecule has 0 aliphatic carbocycles. The van der Waals surface area contributed by atoms with Gasteiger partial charge in [0.1, 0.15) is 5.75 Å². The molecule has 0 atom stereocenters. The average molecular weight is 412 g/mol. The first kappa shape index (κ1) is 18.5. The van der Waals surface area contributed by atoms with Gasteiger partial charge in [-0.25, -0.2) is 0 Å². The summed E-state index contributed by atoms with van der Waals surface area (Å²) in [6.45, 7) is 2.04. The predicted molar refractivity (Wildman–Crippen MR) is 110 cm³/mol. The second-order valence-corrected chi connectivity index (χ2v) is 8.05. The highest BCUT2D eigenvalue weighted by Crippen LogP contribution is 2.32. The van der Waals surface area contributed by atoms with Crippen LogP contribution in [-0.2, 0) is 5.75 Å². The molecule has 2 aromatic heterocycles. The highest BCUT2D eigenvalue weighted by atomic mass is 32.2. The Morgan fingerprint density at radius 2 is 1.86 bits per heavy atom. The number of para-hydroxylation sites is 2. The molecule has 0 amide bonds. The summed E-state index contributed by atoms with van der Waals surface area (Å²) in [5.41, 5.74) is 2.94. The molecule has 0 fully saturated rings. The van der Waals surface area contributed by atoms with Crippen LogP contribution in [0.15, 0.2) is 57.3 Å². The average Bonchev–Trinajstić information content (AvgIpc) is 3.37. The van der Waals surface area contributed by atoms with Crippen LogP contribution in [0.25, 0.3) is 11.5 Å². The Morgan fingerprint density at radius 1 is 1.04 bits per heavy atom. The maximum atomic E-state index is 5.75. The number of hydrogen-bond donors (Lipinski definition) is 1. The molecule has 0 spiro atoms. The number of ether oxygens (including phenoxy) is 1. The van der Waals surface area contributed by atoms with Crippen LogP contribution in [0.2, 0.25) is 0 Å². The zero-order valence-electron chi connectivity index (χ0n) is 15.2. The number of nitrogens with zero attached hydrogens (tertiary/aromatic N) is 4. The Hall–Kier alpha value is -2.91. The van der Waals surface area contributed by atoms with Crippen molar-refractivity contribution in [2.75, 3.05) is 12.4 Å². The summed E-state index contributed by atoms with van der Waals surface area (Å²) in [6, 6.07) is 15.7. The third kappa shape index (κ3) is 4.32. The van der Waals surface area contributed by atoms with Crippen LogP contribution in [-0.4, -0.2) is 27.5 Å². The second kappa shape index (κ2) is 8.41. The van der Waals surface area contributed by atoms with E-state index in [1.807, 2.05) is 55.5 Å². The van der Waals surface area contributed by atoms with E-state index in [-0.39, 0.29) is 0 Å². The quantitative estimate of drug-likeness (QED) is 0.428. The summed E-state index contributed by atoms with van der Waals surface area (Å²) >= 11 is 2.96. The normalized spacial score (nSPS) is 10.8. The molecule has 1 N–H and O–H groups in total. The third-order valence-corrected chi connectivity index (χ3v) is 5.80. The lowest BCUT2D eigenvalue weighted by Gasteiger charge is -2.07. The lowest BCUT2D eigenvalue weighted by atomic mass is 10.1. The maximum absolute atomic E-state index is 5.75. The van der Waals surface area contributed by atoms with Gasteiger partial charge in [0.25, 0.3) is 0 Å². The van der Waals surface area contributed by atoms with E-state index in [2.05, 4.69) is 25.7 Å². The number of aromatic nitrogens is 4. The molecule has 0 aliphatic rings. The molecule has 4 rings (SSSR count). The second-order valence-electron chi connectivity index (χ2n) is 5.85. The molecule has 0 unspecified atom stereocenters. The zero-order chi connectivity index (χ0) is 19.3. The number of anilines is 2. The van der Waals surface area contributed by atoms with E-state index in [1.54, 1.807) is 7.11 Å². The fourth-order valence-electron chi connectivity index (χ4n) is 2.43. The van der Waals surface area contributed by atoms with Crippen molar-refractivity contribution in [3.05, 3.63) is 60.0 Å². The fourth-order valence-corrected chi connectivity index (χ4v) is 4.03. The first-order valence-electron chi connectivity index (χ1n) is 8.47. The predicted octanol–water partition coefficient (Wildman–Crippen LogP) is 4.94. The van der Waals surface area contributed by atoms with E-state index >= 15 is 0 Å². The van der Waals surface area contributed by atoms with Gasteiger partial charge in [0.05, 0.1) is 18.6 Å². The highest BCUT2D eigenvalue weighted by Gasteiger charge is 2.12. The van der Waals surface area contributed by atoms with Crippen molar-refractivity contribution in [2.45, 2.75) is 17.0 Å². The summed E-state index contributed by atoms with van der Waals surface area (Å²) in [4.78, 5) is 0. The van der Waals surface area contributed by atoms with Gasteiger partial charge in [-0.15, -0.1) is 20.4 Å². The SMILES string of the molecule is COc1ccccc1Nc1nnc(SCc2nnc(-c3ccc(C)cc3)o2)s1. The Morgan fingerprint density at radius 3 is 2.68 bits per heavy atom. The molecular weight excluding hydrogens is 394 g/mol. The van der Waals surface area contributed by atoms with E-state index < -0.39 is 0 Å². The molecule has 7 nitrogen and oxygen atoms in total. The van der Waals surface area contributed by atoms with Gasteiger partial charge in [-0.2, -0.15) is 0 Å². The van der Waals surface area contributed by atoms with Crippen molar-refractivity contribution in [1.29, 1.82) is 0 Å². The molecule has 2 aromatic carbocycles. The van der Waals surface area contributed by atoms with E-state index in [0.29, 0.717) is 22.7 Å². The molecule has 0 bridgehead atoms. The van der Waals surface area contributed by atoms with Crippen molar-refractivity contribution in [3.8, 4) is 17.2 Å². The Balaban J connectivity index is 1.38. The minimum absolute atomic E-state index is 0.520. The van der Waals surface area contributed by atoms with Crippen LogP contribution in [0.4, 0.5) is 10.8 Å². The van der Waals surface area contributed by atoms with Gasteiger partial charge in [0.2, 0.25) is 16.9 Å². The molecule has 2 heterocycles. The highest BCUT2D eigenvalue weighted by molar-refractivity contribution is 8.00. The molecule has 0 saturated heterocycles. The smallest absolute Gasteiger partial charge is 0.247 e. The van der Waals surface area contributed by atoms with Crippen LogP contribution in [0.5, 0.6) is 5.75 Å². The number of rotatable bonds is 7. The molecular formula is C19H17N5O2S2. The topological polar surface area (TPSA) is 86.0 Å². The van der Waals surface area contributed by atoms with Gasteiger partial charge < -0.3 is 14.5 Å². The largest absolute Gasteiger partial charge is 0.495 e. The first-order chi connectivity index (χ1) is 13.7. The molecule has 9 heteroatoms. The van der Waals surface area contributed by atoms with E-state index in [4.69, 9.17) is 9.15 Å². The standard InChI is InChI=1S/C19H17N5O2S2/c1-12-7-9-13(10-8-12)17-22-21-16(26-17)11-27-19-24-23-18(28-19)20-14-5-3-4-6-15(14)25-2/h3-10H,11H2,1-2H3,(H,20,23). The van der Waals surface area contributed by atoms with Gasteiger partial charge >= 0.3 is 0 Å². The minimum atomic E-state index is 0.520. The zero-order valence-corrected chi connectivity index (χ0v) is 16.9. The van der Waals surface area contributed by atoms with Crippen LogP contribution in [0.1, 0.15) is 11.5 Å². The third-order valence-electron chi connectivity index (χ3n) is 3.84. The monoisotopic (exact) mass is 411 g/mol. The van der Waals surface area contributed by atoms with E-state index in [9.17, 15) is 0 Å². The van der Waals surface area contributed by atoms with Crippen LogP contribution in [0.3, 0.4) is 0 Å². The van der Waals surface area contributed by atoms with Crippen molar-refractivity contribution >= 4 is 33.9 Å². The van der Waals surface area contributed by atoms with Crippen LogP contribution in [0, 0.1) is 6.92 Å². The summed E-state index contributed by atoms with van der Waals surface area (Å²) in [7, 11) is 1.64. The molecule has 142 valence electrons. The lowest BCUT2D eigenvalue weighted by Crippen LogP contribution is -1.93. The molecule has 0 aliphatic heterocycles. The van der Waals surface area contributed by atoms with Crippen molar-refractivity contribution in [2.24, 2.45) is 0 Å². The van der Waals surface area contributed by atoms with Crippen LogP contribution < -0.4 is 10.1 Å². The fraction of sp³-hybridized carbons (Fsp3) is 0.158.